The summed E-state index contributed by atoms with van der Waals surface area (Å²) in [5.74, 6) is 4.09. The summed E-state index contributed by atoms with van der Waals surface area (Å²) < 4.78 is 33.9. The number of methoxy groups -OCH3 is 4. The molecular formula is C30H31NO7. The maximum absolute atomic E-state index is 13.4. The quantitative estimate of drug-likeness (QED) is 0.385. The Morgan fingerprint density at radius 2 is 1.71 bits per heavy atom. The molecule has 0 unspecified atom stereocenters. The highest BCUT2D eigenvalue weighted by molar-refractivity contribution is 6.16. The molecule has 5 rings (SSSR count). The summed E-state index contributed by atoms with van der Waals surface area (Å²) in [6.45, 7) is 3.73. The molecule has 3 aromatic carbocycles. The van der Waals surface area contributed by atoms with Crippen LogP contribution in [0.3, 0.4) is 0 Å². The monoisotopic (exact) mass is 517 g/mol. The van der Waals surface area contributed by atoms with Crippen molar-refractivity contribution in [3.8, 4) is 34.5 Å². The molecule has 0 atom stereocenters. The Bertz CT molecular complexity index is 1410. The van der Waals surface area contributed by atoms with Crippen molar-refractivity contribution < 1.29 is 33.2 Å². The molecule has 0 bridgehead atoms. The molecule has 0 N–H and O–H groups in total. The zero-order valence-electron chi connectivity index (χ0n) is 22.3. The van der Waals surface area contributed by atoms with Gasteiger partial charge in [0.05, 0.1) is 39.6 Å². The predicted octanol–water partition coefficient (Wildman–Crippen LogP) is 5.04. The van der Waals surface area contributed by atoms with E-state index in [4.69, 9.17) is 28.4 Å². The van der Waals surface area contributed by atoms with Crippen LogP contribution in [0, 0.1) is 6.92 Å². The van der Waals surface area contributed by atoms with Gasteiger partial charge in [-0.2, -0.15) is 0 Å². The van der Waals surface area contributed by atoms with E-state index in [2.05, 4.69) is 4.90 Å². The third-order valence-electron chi connectivity index (χ3n) is 6.88. The van der Waals surface area contributed by atoms with Crippen molar-refractivity contribution >= 4 is 11.9 Å². The van der Waals surface area contributed by atoms with E-state index >= 15 is 0 Å². The molecule has 0 fully saturated rings. The second-order valence-corrected chi connectivity index (χ2v) is 9.19. The summed E-state index contributed by atoms with van der Waals surface area (Å²) in [6, 6.07) is 13.3. The second kappa shape index (κ2) is 10.7. The number of Topliss-reactive ketones (excluding diaryl/α,β-unsaturated/α-hetero) is 1. The lowest BCUT2D eigenvalue weighted by Gasteiger charge is -2.30. The van der Waals surface area contributed by atoms with Crippen molar-refractivity contribution in [2.24, 2.45) is 0 Å². The van der Waals surface area contributed by atoms with Crippen molar-refractivity contribution in [2.45, 2.75) is 19.9 Å². The smallest absolute Gasteiger partial charge is 0.232 e. The highest BCUT2D eigenvalue weighted by Crippen LogP contribution is 2.44. The van der Waals surface area contributed by atoms with Crippen LogP contribution in [0.4, 0.5) is 0 Å². The lowest BCUT2D eigenvalue weighted by atomic mass is 9.98. The van der Waals surface area contributed by atoms with E-state index in [0.29, 0.717) is 47.6 Å². The lowest BCUT2D eigenvalue weighted by molar-refractivity contribution is 0.0949. The van der Waals surface area contributed by atoms with Gasteiger partial charge in [0.1, 0.15) is 29.7 Å². The average Bonchev–Trinajstić information content (AvgIpc) is 3.28. The van der Waals surface area contributed by atoms with E-state index in [1.165, 1.54) is 0 Å². The van der Waals surface area contributed by atoms with Crippen molar-refractivity contribution in [3.63, 3.8) is 0 Å². The number of carbonyl (C=O) groups excluding carboxylic acids is 1. The number of benzene rings is 3. The molecule has 0 amide bonds. The van der Waals surface area contributed by atoms with Crippen molar-refractivity contribution in [1.82, 2.24) is 4.90 Å². The summed E-state index contributed by atoms with van der Waals surface area (Å²) in [5.41, 5.74) is 4.14. The van der Waals surface area contributed by atoms with Crippen molar-refractivity contribution in [1.29, 1.82) is 0 Å². The van der Waals surface area contributed by atoms with E-state index in [0.717, 1.165) is 41.0 Å². The summed E-state index contributed by atoms with van der Waals surface area (Å²) in [6.07, 6.45) is 2.51. The van der Waals surface area contributed by atoms with Crippen LogP contribution in [0.1, 0.15) is 32.6 Å². The standard InChI is InChI=1S/C30H31NO7/c1-18-12-25-22(16-31(17-37-25)11-10-19-6-9-23(34-3)26(13-19)36-5)30-28(18)29(32)27(38-30)14-20-7-8-21(33-2)15-24(20)35-4/h6-9,12-15H,10-11,16-17H2,1-5H3/b27-14+. The molecule has 2 aliphatic rings. The Labute approximate surface area is 222 Å². The van der Waals surface area contributed by atoms with Crippen LogP contribution in [0.5, 0.6) is 34.5 Å². The number of nitrogens with zero attached hydrogens (tertiary/aromatic N) is 1. The van der Waals surface area contributed by atoms with Gasteiger partial charge in [-0.05, 0) is 60.9 Å². The summed E-state index contributed by atoms with van der Waals surface area (Å²) >= 11 is 0. The third-order valence-corrected chi connectivity index (χ3v) is 6.88. The van der Waals surface area contributed by atoms with E-state index < -0.39 is 0 Å². The van der Waals surface area contributed by atoms with Gasteiger partial charge in [0.15, 0.2) is 17.3 Å². The molecule has 0 saturated carbocycles. The first-order valence-electron chi connectivity index (χ1n) is 12.3. The minimum Gasteiger partial charge on any atom is -0.497 e. The van der Waals surface area contributed by atoms with Gasteiger partial charge >= 0.3 is 0 Å². The van der Waals surface area contributed by atoms with Crippen molar-refractivity contribution in [2.75, 3.05) is 41.7 Å². The second-order valence-electron chi connectivity index (χ2n) is 9.19. The van der Waals surface area contributed by atoms with Crippen LogP contribution in [0.25, 0.3) is 6.08 Å². The van der Waals surface area contributed by atoms with Crippen LogP contribution < -0.4 is 28.4 Å². The normalized spacial score (nSPS) is 15.4. The molecule has 38 heavy (non-hydrogen) atoms. The third kappa shape index (κ3) is 4.75. The minimum atomic E-state index is -0.152. The Morgan fingerprint density at radius 1 is 0.921 bits per heavy atom. The number of allylic oxidation sites excluding steroid dienone is 1. The molecule has 8 heteroatoms. The summed E-state index contributed by atoms with van der Waals surface area (Å²) in [7, 11) is 6.44. The first-order chi connectivity index (χ1) is 18.4. The first kappa shape index (κ1) is 25.5. The van der Waals surface area contributed by atoms with E-state index in [-0.39, 0.29) is 11.5 Å². The number of hydrogen-bond acceptors (Lipinski definition) is 8. The van der Waals surface area contributed by atoms with E-state index in [1.54, 1.807) is 40.6 Å². The Hall–Kier alpha value is -4.17. The average molecular weight is 518 g/mol. The van der Waals surface area contributed by atoms with E-state index in [9.17, 15) is 4.79 Å². The van der Waals surface area contributed by atoms with Gasteiger partial charge in [-0.1, -0.05) is 6.07 Å². The number of aryl methyl sites for hydroxylation is 1. The van der Waals surface area contributed by atoms with E-state index in [1.807, 2.05) is 43.3 Å². The number of carbonyl (C=O) groups is 1. The molecule has 0 aromatic heterocycles. The minimum absolute atomic E-state index is 0.152. The van der Waals surface area contributed by atoms with Crippen LogP contribution in [-0.2, 0) is 13.0 Å². The fraction of sp³-hybridized carbons (Fsp3) is 0.300. The molecule has 2 heterocycles. The van der Waals surface area contributed by atoms with Gasteiger partial charge in [-0.25, -0.2) is 0 Å². The highest BCUT2D eigenvalue weighted by Gasteiger charge is 2.35. The van der Waals surface area contributed by atoms with Crippen molar-refractivity contribution in [3.05, 3.63) is 76.0 Å². The Balaban J connectivity index is 1.38. The maximum atomic E-state index is 13.4. The number of rotatable bonds is 8. The number of fused-ring (bicyclic) bond motifs is 3. The SMILES string of the molecule is COc1ccc(/C=C2/Oc3c4c(cc(C)c3C2=O)OCN(CCc2ccc(OC)c(OC)c2)C4)c(OC)c1. The molecule has 3 aromatic rings. The maximum Gasteiger partial charge on any atom is 0.232 e. The topological polar surface area (TPSA) is 75.7 Å². The molecule has 2 aliphatic heterocycles. The largest absolute Gasteiger partial charge is 0.497 e. The molecule has 0 aliphatic carbocycles. The number of ketones is 1. The van der Waals surface area contributed by atoms with Crippen LogP contribution in [0.2, 0.25) is 0 Å². The van der Waals surface area contributed by atoms with Gasteiger partial charge in [0.2, 0.25) is 5.78 Å². The zero-order valence-corrected chi connectivity index (χ0v) is 22.3. The number of hydrogen-bond donors (Lipinski definition) is 0. The van der Waals surface area contributed by atoms with Gasteiger partial charge in [0.25, 0.3) is 0 Å². The highest BCUT2D eigenvalue weighted by atomic mass is 16.5. The van der Waals surface area contributed by atoms with Crippen LogP contribution >= 0.6 is 0 Å². The van der Waals surface area contributed by atoms with Gasteiger partial charge in [0, 0.05) is 24.7 Å². The molecule has 0 spiro atoms. The fourth-order valence-corrected chi connectivity index (χ4v) is 4.82. The van der Waals surface area contributed by atoms with Gasteiger partial charge in [-0.3, -0.25) is 9.69 Å². The zero-order chi connectivity index (χ0) is 26.8. The van der Waals surface area contributed by atoms with Crippen LogP contribution in [-0.4, -0.2) is 52.4 Å². The molecule has 8 nitrogen and oxygen atoms in total. The Morgan fingerprint density at radius 3 is 2.45 bits per heavy atom. The van der Waals surface area contributed by atoms with Gasteiger partial charge in [-0.15, -0.1) is 0 Å². The molecule has 0 saturated heterocycles. The number of ether oxygens (including phenoxy) is 6. The fourth-order valence-electron chi connectivity index (χ4n) is 4.82. The predicted molar refractivity (Wildman–Crippen MR) is 143 cm³/mol. The summed E-state index contributed by atoms with van der Waals surface area (Å²) in [4.78, 5) is 15.6. The molecule has 0 radical (unpaired) electrons. The molecular weight excluding hydrogens is 486 g/mol. The Kier molecular flexibility index (Phi) is 7.15. The first-order valence-corrected chi connectivity index (χ1v) is 12.3. The molecule has 198 valence electrons. The summed E-state index contributed by atoms with van der Waals surface area (Å²) in [5, 5.41) is 0. The van der Waals surface area contributed by atoms with Gasteiger partial charge < -0.3 is 28.4 Å². The lowest BCUT2D eigenvalue weighted by Crippen LogP contribution is -2.34. The van der Waals surface area contributed by atoms with Crippen LogP contribution in [0.15, 0.2) is 48.2 Å².